The molecule has 2 rings (SSSR count). The second-order valence-electron chi connectivity index (χ2n) is 5.38. The van der Waals surface area contributed by atoms with E-state index >= 15 is 0 Å². The fraction of sp³-hybridized carbons (Fsp3) is 0.562. The Morgan fingerprint density at radius 1 is 1.43 bits per heavy atom. The van der Waals surface area contributed by atoms with Gasteiger partial charge in [-0.1, -0.05) is 34.1 Å². The van der Waals surface area contributed by atoms with Gasteiger partial charge in [-0.25, -0.2) is 0 Å². The highest BCUT2D eigenvalue weighted by atomic mass is 79.9. The average Bonchev–Trinajstić information content (AvgIpc) is 2.48. The van der Waals surface area contributed by atoms with E-state index in [0.717, 1.165) is 36.0 Å². The molecule has 116 valence electrons. The van der Waals surface area contributed by atoms with Crippen LogP contribution >= 0.6 is 15.9 Å². The number of hydrogen-bond donors (Lipinski definition) is 2. The van der Waals surface area contributed by atoms with Gasteiger partial charge in [-0.3, -0.25) is 4.79 Å². The van der Waals surface area contributed by atoms with E-state index in [1.54, 1.807) is 0 Å². The molecule has 1 atom stereocenters. The summed E-state index contributed by atoms with van der Waals surface area (Å²) in [5.41, 5.74) is 1.09. The van der Waals surface area contributed by atoms with E-state index in [2.05, 4.69) is 26.6 Å². The van der Waals surface area contributed by atoms with E-state index in [9.17, 15) is 4.79 Å². The van der Waals surface area contributed by atoms with Crippen LogP contribution in [-0.2, 0) is 9.53 Å². The number of rotatable bonds is 6. The average molecular weight is 355 g/mol. The molecule has 1 aromatic rings. The van der Waals surface area contributed by atoms with Gasteiger partial charge in [0, 0.05) is 10.9 Å². The summed E-state index contributed by atoms with van der Waals surface area (Å²) < 4.78 is 6.77. The van der Waals surface area contributed by atoms with Gasteiger partial charge in [0.1, 0.15) is 0 Å². The lowest BCUT2D eigenvalue weighted by Gasteiger charge is -2.23. The molecule has 2 N–H and O–H groups in total. The number of hydrogen-bond acceptors (Lipinski definition) is 3. The van der Waals surface area contributed by atoms with Gasteiger partial charge in [0.05, 0.1) is 18.8 Å². The molecule has 0 aromatic heterocycles. The predicted molar refractivity (Wildman–Crippen MR) is 87.2 cm³/mol. The summed E-state index contributed by atoms with van der Waals surface area (Å²) >= 11 is 3.51. The summed E-state index contributed by atoms with van der Waals surface area (Å²) in [6.07, 6.45) is 2.79. The first-order valence-corrected chi connectivity index (χ1v) is 8.32. The van der Waals surface area contributed by atoms with E-state index in [4.69, 9.17) is 4.74 Å². The molecule has 1 aromatic carbocycles. The molecule has 1 amide bonds. The van der Waals surface area contributed by atoms with E-state index < -0.39 is 0 Å². The minimum Gasteiger partial charge on any atom is -0.378 e. The molecule has 4 nitrogen and oxygen atoms in total. The molecular weight excluding hydrogens is 332 g/mol. The van der Waals surface area contributed by atoms with Gasteiger partial charge in [-0.2, -0.15) is 0 Å². The smallest absolute Gasteiger partial charge is 0.222 e. The SMILES string of the molecule is CC(NC(=O)CCOC1CCNCC1)c1ccccc1Br. The standard InChI is InChI=1S/C16H23BrN2O2/c1-12(14-4-2-3-5-15(14)17)19-16(20)8-11-21-13-6-9-18-10-7-13/h2-5,12-13,18H,6-11H2,1H3,(H,19,20). The molecule has 1 aliphatic heterocycles. The van der Waals surface area contributed by atoms with Crippen molar-refractivity contribution in [2.45, 2.75) is 38.3 Å². The summed E-state index contributed by atoms with van der Waals surface area (Å²) in [7, 11) is 0. The Kier molecular flexibility index (Phi) is 6.67. The highest BCUT2D eigenvalue weighted by molar-refractivity contribution is 9.10. The molecule has 0 saturated carbocycles. The van der Waals surface area contributed by atoms with Crippen LogP contribution in [-0.4, -0.2) is 31.7 Å². The molecule has 0 aliphatic carbocycles. The fourth-order valence-electron chi connectivity index (χ4n) is 2.50. The van der Waals surface area contributed by atoms with Gasteiger partial charge in [-0.15, -0.1) is 0 Å². The second-order valence-corrected chi connectivity index (χ2v) is 6.24. The largest absolute Gasteiger partial charge is 0.378 e. The Morgan fingerprint density at radius 2 is 2.14 bits per heavy atom. The molecular formula is C16H23BrN2O2. The van der Waals surface area contributed by atoms with Crippen LogP contribution in [0.15, 0.2) is 28.7 Å². The van der Waals surface area contributed by atoms with Crippen molar-refractivity contribution in [2.24, 2.45) is 0 Å². The topological polar surface area (TPSA) is 50.4 Å². The zero-order valence-electron chi connectivity index (χ0n) is 12.4. The fourth-order valence-corrected chi connectivity index (χ4v) is 3.13. The molecule has 1 aliphatic rings. The number of halogens is 1. The van der Waals surface area contributed by atoms with E-state index in [-0.39, 0.29) is 11.9 Å². The number of nitrogens with one attached hydrogen (secondary N) is 2. The third-order valence-electron chi connectivity index (χ3n) is 3.72. The number of amides is 1. The minimum absolute atomic E-state index is 0.00745. The van der Waals surface area contributed by atoms with Crippen molar-refractivity contribution in [1.29, 1.82) is 0 Å². The first-order valence-electron chi connectivity index (χ1n) is 7.53. The van der Waals surface area contributed by atoms with Gasteiger partial charge >= 0.3 is 0 Å². The third kappa shape index (κ3) is 5.41. The zero-order valence-corrected chi connectivity index (χ0v) is 14.0. The summed E-state index contributed by atoms with van der Waals surface area (Å²) in [6.45, 7) is 4.51. The number of benzene rings is 1. The third-order valence-corrected chi connectivity index (χ3v) is 4.44. The van der Waals surface area contributed by atoms with E-state index in [1.807, 2.05) is 31.2 Å². The molecule has 1 saturated heterocycles. The molecule has 1 unspecified atom stereocenters. The molecule has 1 fully saturated rings. The van der Waals surface area contributed by atoms with Crippen molar-refractivity contribution in [1.82, 2.24) is 10.6 Å². The van der Waals surface area contributed by atoms with Crippen LogP contribution in [0.25, 0.3) is 0 Å². The van der Waals surface area contributed by atoms with Gasteiger partial charge < -0.3 is 15.4 Å². The number of carbonyl (C=O) groups is 1. The van der Waals surface area contributed by atoms with Gasteiger partial charge in [0.25, 0.3) is 0 Å². The highest BCUT2D eigenvalue weighted by Gasteiger charge is 2.15. The number of carbonyl (C=O) groups excluding carboxylic acids is 1. The Hall–Kier alpha value is -0.910. The van der Waals surface area contributed by atoms with Crippen molar-refractivity contribution in [2.75, 3.05) is 19.7 Å². The Morgan fingerprint density at radius 3 is 2.86 bits per heavy atom. The van der Waals surface area contributed by atoms with Crippen molar-refractivity contribution in [3.05, 3.63) is 34.3 Å². The quantitative estimate of drug-likeness (QED) is 0.825. The number of piperidine rings is 1. The summed E-state index contributed by atoms with van der Waals surface area (Å²) in [5.74, 6) is 0.0344. The Balaban J connectivity index is 1.70. The lowest BCUT2D eigenvalue weighted by atomic mass is 10.1. The van der Waals surface area contributed by atoms with E-state index in [0.29, 0.717) is 19.1 Å². The van der Waals surface area contributed by atoms with Crippen molar-refractivity contribution >= 4 is 21.8 Å². The molecule has 0 spiro atoms. The number of ether oxygens (including phenoxy) is 1. The first kappa shape index (κ1) is 16.5. The summed E-state index contributed by atoms with van der Waals surface area (Å²) in [4.78, 5) is 12.0. The van der Waals surface area contributed by atoms with Crippen LogP contribution in [0.4, 0.5) is 0 Å². The Bertz CT molecular complexity index is 461. The molecule has 5 heteroatoms. The van der Waals surface area contributed by atoms with Gasteiger partial charge in [0.15, 0.2) is 0 Å². The maximum atomic E-state index is 12.0. The molecule has 1 heterocycles. The van der Waals surface area contributed by atoms with Crippen LogP contribution in [0.1, 0.15) is 37.8 Å². The van der Waals surface area contributed by atoms with Crippen LogP contribution in [0.3, 0.4) is 0 Å². The lowest BCUT2D eigenvalue weighted by molar-refractivity contribution is -0.123. The summed E-state index contributed by atoms with van der Waals surface area (Å²) in [6, 6.07) is 7.93. The Labute approximate surface area is 134 Å². The van der Waals surface area contributed by atoms with Crippen molar-refractivity contribution in [3.8, 4) is 0 Å². The highest BCUT2D eigenvalue weighted by Crippen LogP contribution is 2.22. The van der Waals surface area contributed by atoms with Gasteiger partial charge in [-0.05, 0) is 44.5 Å². The van der Waals surface area contributed by atoms with Gasteiger partial charge in [0.2, 0.25) is 5.91 Å². The lowest BCUT2D eigenvalue weighted by Crippen LogP contribution is -2.33. The first-order chi connectivity index (χ1) is 10.2. The van der Waals surface area contributed by atoms with Crippen LogP contribution in [0.5, 0.6) is 0 Å². The maximum Gasteiger partial charge on any atom is 0.222 e. The van der Waals surface area contributed by atoms with Crippen LogP contribution in [0, 0.1) is 0 Å². The molecule has 0 bridgehead atoms. The maximum absolute atomic E-state index is 12.0. The normalized spacial score (nSPS) is 17.4. The van der Waals surface area contributed by atoms with Crippen LogP contribution in [0.2, 0.25) is 0 Å². The monoisotopic (exact) mass is 354 g/mol. The van der Waals surface area contributed by atoms with Crippen molar-refractivity contribution in [3.63, 3.8) is 0 Å². The molecule has 21 heavy (non-hydrogen) atoms. The zero-order chi connectivity index (χ0) is 15.1. The second kappa shape index (κ2) is 8.51. The molecule has 0 radical (unpaired) electrons. The predicted octanol–water partition coefficient (Wildman–Crippen LogP) is 2.79. The van der Waals surface area contributed by atoms with Crippen LogP contribution < -0.4 is 10.6 Å². The van der Waals surface area contributed by atoms with Crippen molar-refractivity contribution < 1.29 is 9.53 Å². The summed E-state index contributed by atoms with van der Waals surface area (Å²) in [5, 5.41) is 6.31. The minimum atomic E-state index is -0.00745. The van der Waals surface area contributed by atoms with E-state index in [1.165, 1.54) is 0 Å².